The largest absolute Gasteiger partial charge is 0.493 e. The summed E-state index contributed by atoms with van der Waals surface area (Å²) < 4.78 is 28.0. The topological polar surface area (TPSA) is 281 Å². The van der Waals surface area contributed by atoms with Gasteiger partial charge in [-0.25, -0.2) is 33.5 Å². The molecular formula is C96H104N22O7. The van der Waals surface area contributed by atoms with Crippen LogP contribution in [0.15, 0.2) is 184 Å². The summed E-state index contributed by atoms with van der Waals surface area (Å²) in [5, 5.41) is 17.2. The van der Waals surface area contributed by atoms with Crippen molar-refractivity contribution in [2.75, 3.05) is 91.7 Å². The number of rotatable bonds is 14. The first-order valence-corrected chi connectivity index (χ1v) is 43.2. The molecule has 0 bridgehead atoms. The fourth-order valence-corrected chi connectivity index (χ4v) is 17.8. The third-order valence-electron chi connectivity index (χ3n) is 25.2. The summed E-state index contributed by atoms with van der Waals surface area (Å²) in [6.45, 7) is 27.8. The molecule has 21 rings (SSSR count). The van der Waals surface area contributed by atoms with Gasteiger partial charge in [0.25, 0.3) is 22.2 Å². The lowest BCUT2D eigenvalue weighted by molar-refractivity contribution is -0.0612. The zero-order valence-corrected chi connectivity index (χ0v) is 72.9. The number of fused-ring (bicyclic) bond motifs is 7. The molecule has 1 N–H and O–H groups in total. The second-order valence-electron chi connectivity index (χ2n) is 33.8. The predicted octanol–water partition coefficient (Wildman–Crippen LogP) is 12.6. The number of piperidine rings is 1. The highest BCUT2D eigenvalue weighted by Gasteiger charge is 2.30. The second kappa shape index (κ2) is 34.9. The van der Waals surface area contributed by atoms with Gasteiger partial charge in [0.15, 0.2) is 11.5 Å². The molecule has 125 heavy (non-hydrogen) atoms. The van der Waals surface area contributed by atoms with E-state index in [0.717, 1.165) is 188 Å². The fraction of sp³-hybridized carbons (Fsp3) is 0.354. The Morgan fingerprint density at radius 3 is 1.24 bits per heavy atom. The van der Waals surface area contributed by atoms with Crippen LogP contribution in [0.4, 0.5) is 5.69 Å². The van der Waals surface area contributed by atoms with Gasteiger partial charge in [-0.05, 0) is 232 Å². The number of methoxy groups -OCH3 is 2. The molecule has 19 heterocycles. The van der Waals surface area contributed by atoms with Gasteiger partial charge in [-0.1, -0.05) is 24.6 Å². The van der Waals surface area contributed by atoms with Crippen LogP contribution >= 0.6 is 0 Å². The summed E-state index contributed by atoms with van der Waals surface area (Å²) in [5.74, 6) is 1.25. The van der Waals surface area contributed by atoms with Crippen LogP contribution in [-0.2, 0) is 4.74 Å². The minimum atomic E-state index is -0.111. The monoisotopic (exact) mass is 1680 g/mol. The lowest BCUT2D eigenvalue weighted by Crippen LogP contribution is -2.50. The summed E-state index contributed by atoms with van der Waals surface area (Å²) >= 11 is 0. The molecular weight excluding hydrogens is 1570 g/mol. The van der Waals surface area contributed by atoms with Crippen LogP contribution in [0.25, 0.3) is 101 Å². The van der Waals surface area contributed by atoms with Gasteiger partial charge >= 0.3 is 0 Å². The zero-order valence-electron chi connectivity index (χ0n) is 72.9. The SMILES string of the molecule is CNC1CCN(c2cc(C)c3nc(-c4ccc(OC)c(OC)c4)cc(=O)n3c2)CC1.Cc1cn2nc(-c3cc(=O)n4cc(C5=CCN(C(C)C)CC5)ccc4n3)cc2c(C)n1.Cc1cn2nc(-c3cc(=O)n4cc(C5=CCN(C6CCC6)CC5)ccc4n3)cc2c(C)n1.Cc1cn2nc(-c3cc(=O)n4cc(C5=CCN(C6COC6)CC5)ccc4n3)cc2c(C)n1. The molecule has 15 aromatic rings. The summed E-state index contributed by atoms with van der Waals surface area (Å²) in [5.41, 5.74) is 24.6. The standard InChI is InChI=1S/C25H26N6O.C24H24N6O2.C24H26N6O.C23H28N4O3/c1-16-14-31-23(17(2)26-16)12-22(28-31)21-13-25(32)30-15-19(6-7-24(30)27-21)18-8-10-29(11-9-18)20-4-3-5-20;1-15-11-30-22(16(2)25-15)9-21(27-30)20-10-24(31)29-12-18(3-4-23(29)26-20)17-5-7-28(8-6-17)19-13-32-14-19;1-15(2)28-9-7-18(8-10-28)19-5-6-23-26-20(12-24(31)29(23)14-19)21-11-22-17(4)25-16(3)13-30(22)27-21;1-15-11-18(26-9-7-17(24-2)8-10-26)14-27-22(28)13-19(25-23(15)27)16-5-6-20(29-3)21(12-16)30-4/h6-8,12-15,20H,3-5,9-11H2,1-2H3;3-5,9-12,19H,6-8,13-14H2,1-2H3;5-7,11-15H,8-10H2,1-4H3;5-6,11-14,17,24H,7-10H2,1-4H3. The Bertz CT molecular complexity index is 6850. The molecule has 29 heteroatoms. The third kappa shape index (κ3) is 17.2. The highest BCUT2D eigenvalue weighted by molar-refractivity contribution is 5.74. The van der Waals surface area contributed by atoms with Crippen molar-refractivity contribution >= 4 is 61.5 Å². The summed E-state index contributed by atoms with van der Waals surface area (Å²) in [6, 6.07) is 34.1. The van der Waals surface area contributed by atoms with Gasteiger partial charge in [-0.2, -0.15) is 15.3 Å². The Hall–Kier alpha value is -13.1. The Labute approximate surface area is 722 Å². The number of hydrogen-bond donors (Lipinski definition) is 1. The normalized spacial score (nSPS) is 16.4. The van der Waals surface area contributed by atoms with E-state index in [9.17, 15) is 19.2 Å². The Morgan fingerprint density at radius 2 is 0.848 bits per heavy atom. The molecule has 0 unspecified atom stereocenters. The van der Waals surface area contributed by atoms with E-state index < -0.39 is 0 Å². The molecule has 6 aliphatic rings. The van der Waals surface area contributed by atoms with Crippen molar-refractivity contribution in [2.24, 2.45) is 0 Å². The van der Waals surface area contributed by atoms with Crippen molar-refractivity contribution in [3.8, 4) is 56.9 Å². The van der Waals surface area contributed by atoms with Gasteiger partial charge in [-0.15, -0.1) is 0 Å². The van der Waals surface area contributed by atoms with Crippen LogP contribution in [0.3, 0.4) is 0 Å². The minimum absolute atomic E-state index is 0.0950. The lowest BCUT2D eigenvalue weighted by atomic mass is 9.89. The number of benzene rings is 1. The van der Waals surface area contributed by atoms with E-state index in [2.05, 4.69) is 112 Å². The van der Waals surface area contributed by atoms with Crippen molar-refractivity contribution in [2.45, 2.75) is 138 Å². The van der Waals surface area contributed by atoms with Crippen molar-refractivity contribution in [3.05, 3.63) is 263 Å². The maximum atomic E-state index is 13.0. The number of anilines is 1. The van der Waals surface area contributed by atoms with E-state index in [0.29, 0.717) is 92.1 Å². The van der Waals surface area contributed by atoms with Crippen LogP contribution in [0.5, 0.6) is 11.5 Å². The van der Waals surface area contributed by atoms with E-state index in [1.807, 2.05) is 158 Å². The van der Waals surface area contributed by atoms with Gasteiger partial charge in [0.05, 0.1) is 131 Å². The van der Waals surface area contributed by atoms with Gasteiger partial charge < -0.3 is 24.4 Å². The van der Waals surface area contributed by atoms with E-state index in [-0.39, 0.29) is 22.2 Å². The molecule has 0 amide bonds. The van der Waals surface area contributed by atoms with Crippen molar-refractivity contribution in [3.63, 3.8) is 0 Å². The molecule has 3 fully saturated rings. The quantitative estimate of drug-likeness (QED) is 0.106. The zero-order chi connectivity index (χ0) is 86.6. The maximum absolute atomic E-state index is 13.0. The first-order valence-electron chi connectivity index (χ1n) is 43.2. The molecule has 5 aliphatic heterocycles. The van der Waals surface area contributed by atoms with Crippen molar-refractivity contribution in [1.29, 1.82) is 0 Å². The van der Waals surface area contributed by atoms with Crippen molar-refractivity contribution < 1.29 is 14.2 Å². The fourth-order valence-electron chi connectivity index (χ4n) is 17.8. The number of pyridine rings is 4. The third-order valence-corrected chi connectivity index (χ3v) is 25.2. The molecule has 2 saturated heterocycles. The van der Waals surface area contributed by atoms with Crippen LogP contribution in [0.1, 0.15) is 122 Å². The van der Waals surface area contributed by atoms with Gasteiger partial charge in [0, 0.05) is 125 Å². The maximum Gasteiger partial charge on any atom is 0.258 e. The number of ether oxygens (including phenoxy) is 3. The number of nitrogens with one attached hydrogen (secondary N) is 1. The summed E-state index contributed by atoms with van der Waals surface area (Å²) in [7, 11) is 5.21. The van der Waals surface area contributed by atoms with Gasteiger partial charge in [-0.3, -0.25) is 66.4 Å². The first kappa shape index (κ1) is 82.9. The van der Waals surface area contributed by atoms with E-state index in [1.165, 1.54) is 36.0 Å². The van der Waals surface area contributed by atoms with Crippen LogP contribution in [0.2, 0.25) is 0 Å². The highest BCUT2D eigenvalue weighted by atomic mass is 16.5. The van der Waals surface area contributed by atoms with Crippen LogP contribution < -0.4 is 41.9 Å². The number of aromatic nitrogens is 17. The number of hydrogen-bond acceptors (Lipinski definition) is 22. The molecule has 0 spiro atoms. The Morgan fingerprint density at radius 1 is 0.416 bits per heavy atom. The van der Waals surface area contributed by atoms with E-state index in [4.69, 9.17) is 34.1 Å². The second-order valence-corrected chi connectivity index (χ2v) is 33.8. The molecule has 29 nitrogen and oxygen atoms in total. The van der Waals surface area contributed by atoms with Crippen LogP contribution in [0, 0.1) is 48.5 Å². The van der Waals surface area contributed by atoms with Gasteiger partial charge in [0.1, 0.15) is 39.7 Å². The minimum Gasteiger partial charge on any atom is -0.493 e. The summed E-state index contributed by atoms with van der Waals surface area (Å²) in [4.78, 5) is 94.1. The van der Waals surface area contributed by atoms with E-state index in [1.54, 1.807) is 65.1 Å². The van der Waals surface area contributed by atoms with E-state index >= 15 is 0 Å². The van der Waals surface area contributed by atoms with Gasteiger partial charge in [0.2, 0.25) is 0 Å². The molecule has 640 valence electrons. The highest BCUT2D eigenvalue weighted by Crippen LogP contribution is 2.35. The predicted molar refractivity (Wildman–Crippen MR) is 488 cm³/mol. The van der Waals surface area contributed by atoms with Crippen molar-refractivity contribution in [1.82, 2.24) is 101 Å². The lowest BCUT2D eigenvalue weighted by Gasteiger charge is -2.39. The number of nitrogens with zero attached hydrogens (tertiary/aromatic N) is 21. The molecule has 0 radical (unpaired) electrons. The Balaban J connectivity index is 0.000000113. The average Bonchev–Trinajstić information content (AvgIpc) is 1.60. The number of aryl methyl sites for hydroxylation is 7. The molecule has 1 aliphatic carbocycles. The molecule has 1 saturated carbocycles. The Kier molecular flexibility index (Phi) is 23.2. The smallest absolute Gasteiger partial charge is 0.258 e. The first-order chi connectivity index (χ1) is 60.5. The molecule has 1 aromatic carbocycles. The summed E-state index contributed by atoms with van der Waals surface area (Å²) in [6.07, 6.45) is 29.4. The molecule has 0 atom stereocenters. The average molecular weight is 1680 g/mol. The van der Waals surface area contributed by atoms with Crippen LogP contribution in [-0.4, -0.2) is 207 Å². The molecule has 14 aromatic heterocycles.